The van der Waals surface area contributed by atoms with Crippen LogP contribution in [0.1, 0.15) is 30.7 Å². The van der Waals surface area contributed by atoms with Crippen molar-refractivity contribution in [3.63, 3.8) is 0 Å². The molecule has 4 heteroatoms. The largest absolute Gasteiger partial charge is 0.339 e. The highest BCUT2D eigenvalue weighted by Crippen LogP contribution is 2.23. The van der Waals surface area contributed by atoms with Gasteiger partial charge in [-0.15, -0.1) is 0 Å². The molecule has 4 nitrogen and oxygen atoms in total. The van der Waals surface area contributed by atoms with Gasteiger partial charge in [0, 0.05) is 12.1 Å². The van der Waals surface area contributed by atoms with E-state index in [-0.39, 0.29) is 0 Å². The Hall–Kier alpha value is -1.68. The average molecular weight is 243 g/mol. The van der Waals surface area contributed by atoms with Gasteiger partial charge in [0.05, 0.1) is 5.92 Å². The van der Waals surface area contributed by atoms with Crippen molar-refractivity contribution in [3.8, 4) is 11.4 Å². The van der Waals surface area contributed by atoms with Crippen molar-refractivity contribution >= 4 is 0 Å². The zero-order valence-corrected chi connectivity index (χ0v) is 10.5. The maximum absolute atomic E-state index is 5.36. The molecule has 0 radical (unpaired) electrons. The zero-order chi connectivity index (χ0) is 12.4. The molecule has 0 amide bonds. The van der Waals surface area contributed by atoms with Gasteiger partial charge in [-0.1, -0.05) is 36.3 Å². The van der Waals surface area contributed by atoms with Gasteiger partial charge in [0.25, 0.3) is 0 Å². The van der Waals surface area contributed by atoms with E-state index in [0.717, 1.165) is 37.4 Å². The fraction of sp³-hybridized carbons (Fsp3) is 0.429. The van der Waals surface area contributed by atoms with Crippen LogP contribution in [0, 0.1) is 0 Å². The predicted octanol–water partition coefficient (Wildman–Crippen LogP) is 2.38. The highest BCUT2D eigenvalue weighted by atomic mass is 16.5. The number of benzene rings is 1. The second-order valence-electron chi connectivity index (χ2n) is 4.70. The van der Waals surface area contributed by atoms with Gasteiger partial charge in [-0.2, -0.15) is 4.98 Å². The molecule has 2 aromatic rings. The molecule has 94 valence electrons. The van der Waals surface area contributed by atoms with E-state index in [1.807, 2.05) is 0 Å². The Kier molecular flexibility index (Phi) is 3.11. The maximum atomic E-state index is 5.36. The number of hydrogen-bond donors (Lipinski definition) is 1. The van der Waals surface area contributed by atoms with Crippen molar-refractivity contribution in [2.45, 2.75) is 25.7 Å². The molecular weight excluding hydrogens is 226 g/mol. The van der Waals surface area contributed by atoms with E-state index in [4.69, 9.17) is 4.52 Å². The SMILES string of the molecule is CCc1ccc(-c2noc(C3CCNC3)n2)cc1. The van der Waals surface area contributed by atoms with Gasteiger partial charge in [0.1, 0.15) is 0 Å². The van der Waals surface area contributed by atoms with E-state index < -0.39 is 0 Å². The number of nitrogens with zero attached hydrogens (tertiary/aromatic N) is 2. The van der Waals surface area contributed by atoms with E-state index in [0.29, 0.717) is 11.7 Å². The standard InChI is InChI=1S/C14H17N3O/c1-2-10-3-5-11(6-4-10)13-16-14(18-17-13)12-7-8-15-9-12/h3-6,12,15H,2,7-9H2,1H3. The Morgan fingerprint density at radius 2 is 2.17 bits per heavy atom. The molecule has 0 saturated carbocycles. The van der Waals surface area contributed by atoms with Crippen LogP contribution in [0.4, 0.5) is 0 Å². The van der Waals surface area contributed by atoms with E-state index in [1.165, 1.54) is 5.56 Å². The first kappa shape index (κ1) is 11.4. The van der Waals surface area contributed by atoms with Crippen molar-refractivity contribution in [2.24, 2.45) is 0 Å². The third kappa shape index (κ3) is 2.16. The minimum absolute atomic E-state index is 0.376. The number of hydrogen-bond acceptors (Lipinski definition) is 4. The van der Waals surface area contributed by atoms with E-state index >= 15 is 0 Å². The van der Waals surface area contributed by atoms with E-state index in [9.17, 15) is 0 Å². The van der Waals surface area contributed by atoms with Gasteiger partial charge in [-0.3, -0.25) is 0 Å². The van der Waals surface area contributed by atoms with Crippen LogP contribution < -0.4 is 5.32 Å². The van der Waals surface area contributed by atoms with Gasteiger partial charge < -0.3 is 9.84 Å². The van der Waals surface area contributed by atoms with Gasteiger partial charge in [0.2, 0.25) is 11.7 Å². The lowest BCUT2D eigenvalue weighted by molar-refractivity contribution is 0.359. The van der Waals surface area contributed by atoms with Crippen molar-refractivity contribution in [2.75, 3.05) is 13.1 Å². The summed E-state index contributed by atoms with van der Waals surface area (Å²) in [7, 11) is 0. The fourth-order valence-electron chi connectivity index (χ4n) is 2.27. The van der Waals surface area contributed by atoms with Crippen molar-refractivity contribution in [3.05, 3.63) is 35.7 Å². The quantitative estimate of drug-likeness (QED) is 0.899. The predicted molar refractivity (Wildman–Crippen MR) is 69.3 cm³/mol. The minimum Gasteiger partial charge on any atom is -0.339 e. The summed E-state index contributed by atoms with van der Waals surface area (Å²) in [4.78, 5) is 4.50. The van der Waals surface area contributed by atoms with Gasteiger partial charge in [0.15, 0.2) is 0 Å². The molecule has 0 bridgehead atoms. The smallest absolute Gasteiger partial charge is 0.231 e. The van der Waals surface area contributed by atoms with E-state index in [1.54, 1.807) is 0 Å². The topological polar surface area (TPSA) is 51.0 Å². The van der Waals surface area contributed by atoms with Gasteiger partial charge >= 0.3 is 0 Å². The Labute approximate surface area is 106 Å². The molecule has 0 spiro atoms. The third-order valence-electron chi connectivity index (χ3n) is 3.47. The normalized spacial score (nSPS) is 19.3. The highest BCUT2D eigenvalue weighted by Gasteiger charge is 2.22. The fourth-order valence-corrected chi connectivity index (χ4v) is 2.27. The number of aryl methyl sites for hydroxylation is 1. The van der Waals surface area contributed by atoms with Crippen molar-refractivity contribution in [1.29, 1.82) is 0 Å². The first-order chi connectivity index (χ1) is 8.86. The molecule has 1 fully saturated rings. The average Bonchev–Trinajstić information content (AvgIpc) is 3.09. The maximum Gasteiger partial charge on any atom is 0.231 e. The molecule has 1 aromatic carbocycles. The molecule has 3 rings (SSSR count). The van der Waals surface area contributed by atoms with Crippen molar-refractivity contribution < 1.29 is 4.52 Å². The first-order valence-corrected chi connectivity index (χ1v) is 6.50. The van der Waals surface area contributed by atoms with Crippen LogP contribution in [-0.4, -0.2) is 23.2 Å². The molecule has 2 heterocycles. The highest BCUT2D eigenvalue weighted by molar-refractivity contribution is 5.54. The summed E-state index contributed by atoms with van der Waals surface area (Å²) in [6.45, 7) is 4.12. The monoisotopic (exact) mass is 243 g/mol. The minimum atomic E-state index is 0.376. The second-order valence-corrected chi connectivity index (χ2v) is 4.70. The Morgan fingerprint density at radius 3 is 2.83 bits per heavy atom. The van der Waals surface area contributed by atoms with Crippen LogP contribution in [0.5, 0.6) is 0 Å². The molecule has 1 saturated heterocycles. The summed E-state index contributed by atoms with van der Waals surface area (Å²) in [5.41, 5.74) is 2.34. The zero-order valence-electron chi connectivity index (χ0n) is 10.5. The molecule has 1 atom stereocenters. The van der Waals surface area contributed by atoms with Gasteiger partial charge in [-0.05, 0) is 24.9 Å². The van der Waals surface area contributed by atoms with Crippen LogP contribution in [0.25, 0.3) is 11.4 Å². The molecular formula is C14H17N3O. The summed E-state index contributed by atoms with van der Waals surface area (Å²) in [5, 5.41) is 7.38. The molecule has 1 aliphatic heterocycles. The summed E-state index contributed by atoms with van der Waals surface area (Å²) in [6, 6.07) is 8.34. The van der Waals surface area contributed by atoms with Crippen LogP contribution in [0.3, 0.4) is 0 Å². The second kappa shape index (κ2) is 4.90. The number of rotatable bonds is 3. The lowest BCUT2D eigenvalue weighted by Crippen LogP contribution is -2.08. The molecule has 1 aliphatic rings. The molecule has 1 unspecified atom stereocenters. The van der Waals surface area contributed by atoms with Crippen LogP contribution in [-0.2, 0) is 6.42 Å². The summed E-state index contributed by atoms with van der Waals surface area (Å²) < 4.78 is 5.36. The number of nitrogens with one attached hydrogen (secondary N) is 1. The van der Waals surface area contributed by atoms with Crippen molar-refractivity contribution in [1.82, 2.24) is 15.5 Å². The third-order valence-corrected chi connectivity index (χ3v) is 3.47. The summed E-state index contributed by atoms with van der Waals surface area (Å²) in [6.07, 6.45) is 2.13. The molecule has 18 heavy (non-hydrogen) atoms. The molecule has 0 aliphatic carbocycles. The van der Waals surface area contributed by atoms with Gasteiger partial charge in [-0.25, -0.2) is 0 Å². The first-order valence-electron chi connectivity index (χ1n) is 6.50. The van der Waals surface area contributed by atoms with E-state index in [2.05, 4.69) is 46.6 Å². The summed E-state index contributed by atoms with van der Waals surface area (Å²) in [5.74, 6) is 1.83. The Morgan fingerprint density at radius 1 is 1.33 bits per heavy atom. The number of aromatic nitrogens is 2. The Bertz CT molecular complexity index is 512. The van der Waals surface area contributed by atoms with Crippen LogP contribution in [0.2, 0.25) is 0 Å². The molecule has 1 aromatic heterocycles. The van der Waals surface area contributed by atoms with Crippen LogP contribution >= 0.6 is 0 Å². The van der Waals surface area contributed by atoms with Crippen LogP contribution in [0.15, 0.2) is 28.8 Å². The lowest BCUT2D eigenvalue weighted by atomic mass is 10.1. The Balaban J connectivity index is 1.82. The summed E-state index contributed by atoms with van der Waals surface area (Å²) >= 11 is 0. The molecule has 1 N–H and O–H groups in total. The lowest BCUT2D eigenvalue weighted by Gasteiger charge is -1.99.